The molecule has 1 aliphatic rings. The van der Waals surface area contributed by atoms with E-state index in [4.69, 9.17) is 4.74 Å². The molecule has 20 heavy (non-hydrogen) atoms. The van der Waals surface area contributed by atoms with Gasteiger partial charge in [0.25, 0.3) is 0 Å². The quantitative estimate of drug-likeness (QED) is 0.835. The first-order chi connectivity index (χ1) is 9.61. The van der Waals surface area contributed by atoms with Crippen molar-refractivity contribution in [2.45, 2.75) is 18.9 Å². The molecule has 0 amide bonds. The van der Waals surface area contributed by atoms with Crippen molar-refractivity contribution < 1.29 is 9.53 Å². The van der Waals surface area contributed by atoms with Crippen LogP contribution in [-0.2, 0) is 0 Å². The highest BCUT2D eigenvalue weighted by Gasteiger charge is 2.20. The molecule has 0 aliphatic carbocycles. The van der Waals surface area contributed by atoms with E-state index < -0.39 is 0 Å². The molecule has 5 heteroatoms. The largest absolute Gasteiger partial charge is 0.496 e. The van der Waals surface area contributed by atoms with E-state index in [-0.39, 0.29) is 5.78 Å². The topological polar surface area (TPSA) is 41.6 Å². The lowest BCUT2D eigenvalue weighted by Crippen LogP contribution is -2.43. The molecule has 0 atom stereocenters. The SMILES string of the molecule is COc1ccc(C(=O)CN(C)C2CCNCC2)cc1Br. The molecule has 1 saturated heterocycles. The summed E-state index contributed by atoms with van der Waals surface area (Å²) in [6, 6.07) is 5.98. The number of halogens is 1. The van der Waals surface area contributed by atoms with Gasteiger partial charge >= 0.3 is 0 Å². The maximum Gasteiger partial charge on any atom is 0.176 e. The fraction of sp³-hybridized carbons (Fsp3) is 0.533. The zero-order valence-corrected chi connectivity index (χ0v) is 13.6. The second-order valence-electron chi connectivity index (χ2n) is 5.17. The molecule has 0 aromatic heterocycles. The summed E-state index contributed by atoms with van der Waals surface area (Å²) in [6.45, 7) is 2.54. The van der Waals surface area contributed by atoms with Gasteiger partial charge in [0, 0.05) is 11.6 Å². The standard InChI is InChI=1S/C15H21BrN2O2/c1-18(12-5-7-17-8-6-12)10-14(19)11-3-4-15(20-2)13(16)9-11/h3-4,9,12,17H,5-8,10H2,1-2H3. The molecule has 1 heterocycles. The summed E-state index contributed by atoms with van der Waals surface area (Å²) in [5, 5.41) is 3.34. The second-order valence-corrected chi connectivity index (χ2v) is 6.02. The van der Waals surface area contributed by atoms with Gasteiger partial charge in [-0.15, -0.1) is 0 Å². The highest BCUT2D eigenvalue weighted by molar-refractivity contribution is 9.10. The van der Waals surface area contributed by atoms with E-state index in [2.05, 4.69) is 26.1 Å². The summed E-state index contributed by atoms with van der Waals surface area (Å²) in [5.74, 6) is 0.891. The van der Waals surface area contributed by atoms with Gasteiger partial charge in [0.2, 0.25) is 0 Å². The first-order valence-corrected chi connectivity index (χ1v) is 7.69. The number of hydrogen-bond donors (Lipinski definition) is 1. The molecule has 0 saturated carbocycles. The predicted octanol–water partition coefficient (Wildman–Crippen LogP) is 2.32. The van der Waals surface area contributed by atoms with Gasteiger partial charge < -0.3 is 10.1 Å². The van der Waals surface area contributed by atoms with Crippen molar-refractivity contribution in [3.63, 3.8) is 0 Å². The minimum absolute atomic E-state index is 0.148. The zero-order chi connectivity index (χ0) is 14.5. The van der Waals surface area contributed by atoms with E-state index in [0.717, 1.165) is 41.7 Å². The molecule has 1 fully saturated rings. The summed E-state index contributed by atoms with van der Waals surface area (Å²) in [4.78, 5) is 14.5. The highest BCUT2D eigenvalue weighted by atomic mass is 79.9. The number of nitrogens with zero attached hydrogens (tertiary/aromatic N) is 1. The zero-order valence-electron chi connectivity index (χ0n) is 12.0. The lowest BCUT2D eigenvalue weighted by atomic mass is 10.0. The Morgan fingerprint density at radius 3 is 2.75 bits per heavy atom. The normalized spacial score (nSPS) is 16.4. The van der Waals surface area contributed by atoms with Crippen molar-refractivity contribution >= 4 is 21.7 Å². The smallest absolute Gasteiger partial charge is 0.176 e. The fourth-order valence-corrected chi connectivity index (χ4v) is 3.07. The first kappa shape index (κ1) is 15.5. The summed E-state index contributed by atoms with van der Waals surface area (Å²) in [7, 11) is 3.65. The molecule has 0 radical (unpaired) electrons. The number of methoxy groups -OCH3 is 1. The van der Waals surface area contributed by atoms with Gasteiger partial charge in [0.05, 0.1) is 18.1 Å². The van der Waals surface area contributed by atoms with Gasteiger partial charge in [0.1, 0.15) is 5.75 Å². The van der Waals surface area contributed by atoms with Gasteiger partial charge in [-0.2, -0.15) is 0 Å². The average Bonchev–Trinajstić information content (AvgIpc) is 2.48. The number of ether oxygens (including phenoxy) is 1. The number of carbonyl (C=O) groups excluding carboxylic acids is 1. The van der Waals surface area contributed by atoms with E-state index in [1.165, 1.54) is 0 Å². The Kier molecular flexibility index (Phi) is 5.57. The predicted molar refractivity (Wildman–Crippen MR) is 83.5 cm³/mol. The number of rotatable bonds is 5. The van der Waals surface area contributed by atoms with E-state index in [9.17, 15) is 4.79 Å². The van der Waals surface area contributed by atoms with Gasteiger partial charge in [-0.3, -0.25) is 9.69 Å². The van der Waals surface area contributed by atoms with Gasteiger partial charge in [-0.05, 0) is 67.1 Å². The molecule has 0 spiro atoms. The number of piperidine rings is 1. The van der Waals surface area contributed by atoms with Gasteiger partial charge in [-0.1, -0.05) is 0 Å². The van der Waals surface area contributed by atoms with Crippen LogP contribution >= 0.6 is 15.9 Å². The first-order valence-electron chi connectivity index (χ1n) is 6.89. The van der Waals surface area contributed by atoms with Crippen LogP contribution in [0.5, 0.6) is 5.75 Å². The monoisotopic (exact) mass is 340 g/mol. The Morgan fingerprint density at radius 1 is 1.45 bits per heavy atom. The lowest BCUT2D eigenvalue weighted by molar-refractivity contribution is 0.0903. The third kappa shape index (κ3) is 3.81. The van der Waals surface area contributed by atoms with Crippen molar-refractivity contribution in [1.29, 1.82) is 0 Å². The van der Waals surface area contributed by atoms with Gasteiger partial charge in [0.15, 0.2) is 5.78 Å². The molecule has 2 rings (SSSR count). The lowest BCUT2D eigenvalue weighted by Gasteiger charge is -2.31. The molecule has 0 unspecified atom stereocenters. The molecule has 0 bridgehead atoms. The Labute approximate surface area is 128 Å². The summed E-state index contributed by atoms with van der Waals surface area (Å²) in [6.07, 6.45) is 2.21. The van der Waals surface area contributed by atoms with Crippen LogP contribution < -0.4 is 10.1 Å². The molecule has 4 nitrogen and oxygen atoms in total. The van der Waals surface area contributed by atoms with Crippen LogP contribution in [0.2, 0.25) is 0 Å². The van der Waals surface area contributed by atoms with E-state index >= 15 is 0 Å². The summed E-state index contributed by atoms with van der Waals surface area (Å²) in [5.41, 5.74) is 0.721. The fourth-order valence-electron chi connectivity index (χ4n) is 2.53. The van der Waals surface area contributed by atoms with E-state index in [1.807, 2.05) is 25.2 Å². The Morgan fingerprint density at radius 2 is 2.15 bits per heavy atom. The maximum atomic E-state index is 12.3. The van der Waals surface area contributed by atoms with Crippen LogP contribution in [0.1, 0.15) is 23.2 Å². The van der Waals surface area contributed by atoms with Crippen LogP contribution in [0.15, 0.2) is 22.7 Å². The molecule has 1 aliphatic heterocycles. The highest BCUT2D eigenvalue weighted by Crippen LogP contribution is 2.25. The Hall–Kier alpha value is -0.910. The van der Waals surface area contributed by atoms with Crippen LogP contribution in [0.3, 0.4) is 0 Å². The van der Waals surface area contributed by atoms with Crippen LogP contribution in [-0.4, -0.2) is 50.5 Å². The third-order valence-electron chi connectivity index (χ3n) is 3.80. The average molecular weight is 341 g/mol. The number of hydrogen-bond acceptors (Lipinski definition) is 4. The third-order valence-corrected chi connectivity index (χ3v) is 4.42. The molecular weight excluding hydrogens is 320 g/mol. The summed E-state index contributed by atoms with van der Waals surface area (Å²) < 4.78 is 6.00. The number of likely N-dealkylation sites (N-methyl/N-ethyl adjacent to an activating group) is 1. The van der Waals surface area contributed by atoms with E-state index in [1.54, 1.807) is 7.11 Å². The van der Waals surface area contributed by atoms with Crippen molar-refractivity contribution in [2.75, 3.05) is 33.8 Å². The molecular formula is C15H21BrN2O2. The Bertz CT molecular complexity index is 473. The number of nitrogens with one attached hydrogen (secondary N) is 1. The molecule has 110 valence electrons. The van der Waals surface area contributed by atoms with Crippen molar-refractivity contribution in [3.8, 4) is 5.75 Å². The number of ketones is 1. The molecule has 1 aromatic carbocycles. The van der Waals surface area contributed by atoms with Gasteiger partial charge in [-0.25, -0.2) is 0 Å². The Balaban J connectivity index is 1.98. The minimum atomic E-state index is 0.148. The number of benzene rings is 1. The van der Waals surface area contributed by atoms with E-state index in [0.29, 0.717) is 12.6 Å². The number of carbonyl (C=O) groups is 1. The van der Waals surface area contributed by atoms with Crippen LogP contribution in [0, 0.1) is 0 Å². The second kappa shape index (κ2) is 7.20. The summed E-state index contributed by atoms with van der Waals surface area (Å²) >= 11 is 3.42. The number of Topliss-reactive ketones (excluding diaryl/α,β-unsaturated/α-hetero) is 1. The van der Waals surface area contributed by atoms with Crippen molar-refractivity contribution in [1.82, 2.24) is 10.2 Å². The minimum Gasteiger partial charge on any atom is -0.496 e. The van der Waals surface area contributed by atoms with Crippen LogP contribution in [0.4, 0.5) is 0 Å². The van der Waals surface area contributed by atoms with Crippen LogP contribution in [0.25, 0.3) is 0 Å². The molecule has 1 aromatic rings. The molecule has 1 N–H and O–H groups in total. The van der Waals surface area contributed by atoms with Crippen molar-refractivity contribution in [2.24, 2.45) is 0 Å². The van der Waals surface area contributed by atoms with Crippen molar-refractivity contribution in [3.05, 3.63) is 28.2 Å². The maximum absolute atomic E-state index is 12.3.